The van der Waals surface area contributed by atoms with Crippen LogP contribution in [0.3, 0.4) is 0 Å². The van der Waals surface area contributed by atoms with E-state index in [2.05, 4.69) is 11.6 Å². The zero-order valence-corrected chi connectivity index (χ0v) is 15.9. The number of hydrogen-bond donors (Lipinski definition) is 1. The van der Waals surface area contributed by atoms with E-state index >= 15 is 0 Å². The molecule has 3 heteroatoms. The van der Waals surface area contributed by atoms with Gasteiger partial charge in [0.1, 0.15) is 5.82 Å². The van der Waals surface area contributed by atoms with Gasteiger partial charge in [0.15, 0.2) is 0 Å². The molecule has 0 aliphatic rings. The van der Waals surface area contributed by atoms with Crippen LogP contribution in [0.5, 0.6) is 0 Å². The molecule has 2 rings (SSSR count). The predicted molar refractivity (Wildman–Crippen MR) is 111 cm³/mol. The van der Waals surface area contributed by atoms with Crippen LogP contribution in [0.25, 0.3) is 11.1 Å². The fourth-order valence-electron chi connectivity index (χ4n) is 3.04. The Morgan fingerprint density at radius 2 is 2.00 bits per heavy atom. The summed E-state index contributed by atoms with van der Waals surface area (Å²) in [6.45, 7) is 11.7. The number of halogens is 1. The van der Waals surface area contributed by atoms with Crippen molar-refractivity contribution in [2.24, 2.45) is 4.99 Å². The van der Waals surface area contributed by atoms with Gasteiger partial charge in [-0.2, -0.15) is 0 Å². The van der Waals surface area contributed by atoms with Gasteiger partial charge in [-0.25, -0.2) is 4.39 Å². The number of nitrogens with zero attached hydrogens (tertiary/aromatic N) is 1. The minimum atomic E-state index is -0.159. The van der Waals surface area contributed by atoms with Crippen molar-refractivity contribution in [3.8, 4) is 11.1 Å². The van der Waals surface area contributed by atoms with Crippen molar-refractivity contribution in [3.05, 3.63) is 76.6 Å². The third kappa shape index (κ3) is 4.05. The lowest BCUT2D eigenvalue weighted by Gasteiger charge is -2.12. The first-order valence-electron chi connectivity index (χ1n) is 8.72. The molecule has 26 heavy (non-hydrogen) atoms. The molecular weight excluding hydrogens is 323 g/mol. The predicted octanol–water partition coefficient (Wildman–Crippen LogP) is 6.53. The van der Waals surface area contributed by atoms with E-state index in [1.165, 1.54) is 6.21 Å². The van der Waals surface area contributed by atoms with Crippen LogP contribution < -0.4 is 0 Å². The fraction of sp³-hybridized carbons (Fsp3) is 0.217. The maximum atomic E-state index is 14.4. The third-order valence-electron chi connectivity index (χ3n) is 4.59. The van der Waals surface area contributed by atoms with Crippen molar-refractivity contribution in [2.75, 3.05) is 0 Å². The van der Waals surface area contributed by atoms with Gasteiger partial charge in [0.25, 0.3) is 0 Å². The summed E-state index contributed by atoms with van der Waals surface area (Å²) in [5.74, 6) is -0.159. The van der Waals surface area contributed by atoms with Crippen LogP contribution in [0.4, 0.5) is 10.1 Å². The molecule has 0 heterocycles. The van der Waals surface area contributed by atoms with Gasteiger partial charge >= 0.3 is 0 Å². The van der Waals surface area contributed by atoms with Crippen LogP contribution in [0.1, 0.15) is 30.5 Å². The van der Waals surface area contributed by atoms with E-state index < -0.39 is 0 Å². The lowest BCUT2D eigenvalue weighted by atomic mass is 9.95. The Labute approximate surface area is 155 Å². The quantitative estimate of drug-likeness (QED) is 0.455. The van der Waals surface area contributed by atoms with E-state index in [-0.39, 0.29) is 5.82 Å². The lowest BCUT2D eigenvalue weighted by Crippen LogP contribution is -1.95. The number of aryl methyl sites for hydroxylation is 1. The summed E-state index contributed by atoms with van der Waals surface area (Å²) in [5, 5.41) is 7.38. The monoisotopic (exact) mass is 348 g/mol. The molecule has 0 fully saturated rings. The second kappa shape index (κ2) is 8.52. The first-order chi connectivity index (χ1) is 12.4. The van der Waals surface area contributed by atoms with Crippen LogP contribution in [-0.2, 0) is 6.42 Å². The van der Waals surface area contributed by atoms with E-state index in [0.717, 1.165) is 39.1 Å². The number of benzene rings is 2. The number of nitrogens with one attached hydrogen (secondary N) is 1. The summed E-state index contributed by atoms with van der Waals surface area (Å²) in [4.78, 5) is 4.52. The van der Waals surface area contributed by atoms with Crippen LogP contribution in [-0.4, -0.2) is 12.4 Å². The van der Waals surface area contributed by atoms with Crippen LogP contribution in [0.15, 0.2) is 59.1 Å². The minimum absolute atomic E-state index is 0.159. The molecular formula is C23H25FN2. The molecule has 1 N–H and O–H groups in total. The van der Waals surface area contributed by atoms with Gasteiger partial charge in [0, 0.05) is 12.4 Å². The van der Waals surface area contributed by atoms with Crippen molar-refractivity contribution in [1.82, 2.24) is 0 Å². The van der Waals surface area contributed by atoms with E-state index in [1.807, 2.05) is 58.0 Å². The number of rotatable bonds is 6. The third-order valence-corrected chi connectivity index (χ3v) is 4.59. The maximum absolute atomic E-state index is 14.4. The van der Waals surface area contributed by atoms with Gasteiger partial charge < -0.3 is 5.41 Å². The molecule has 2 aromatic carbocycles. The maximum Gasteiger partial charge on any atom is 0.127 e. The fourth-order valence-corrected chi connectivity index (χ4v) is 3.04. The smallest absolute Gasteiger partial charge is 0.127 e. The molecule has 0 bridgehead atoms. The molecule has 0 unspecified atom stereocenters. The summed E-state index contributed by atoms with van der Waals surface area (Å²) < 4.78 is 14.4. The Bertz CT molecular complexity index is 881. The standard InChI is InChI=1S/C23H25FN2/c1-6-18(13-25)16(4)14-26-23-10-8-9-21(17(23)5)19-11-15(3)20(7-2)22(24)12-19/h6,8-14,25H,4,7H2,1-3,5H3/b18-6+,25-13?,26-14?. The van der Waals surface area contributed by atoms with Gasteiger partial charge in [-0.3, -0.25) is 4.99 Å². The highest BCUT2D eigenvalue weighted by molar-refractivity contribution is 5.97. The molecule has 0 aliphatic carbocycles. The average Bonchev–Trinajstić information content (AvgIpc) is 2.61. The summed E-state index contributed by atoms with van der Waals surface area (Å²) in [7, 11) is 0. The van der Waals surface area contributed by atoms with Crippen molar-refractivity contribution in [1.29, 1.82) is 5.41 Å². The Kier molecular flexibility index (Phi) is 6.40. The second-order valence-corrected chi connectivity index (χ2v) is 6.23. The molecule has 0 saturated carbocycles. The molecule has 0 saturated heterocycles. The first kappa shape index (κ1) is 19.5. The SMILES string of the molecule is C=C(C=Nc1cccc(-c2cc(C)c(CC)c(F)c2)c1C)/C(C=N)=C/C. The van der Waals surface area contributed by atoms with Crippen LogP contribution >= 0.6 is 0 Å². The molecule has 0 atom stereocenters. The van der Waals surface area contributed by atoms with E-state index in [1.54, 1.807) is 12.3 Å². The highest BCUT2D eigenvalue weighted by Crippen LogP contribution is 2.32. The Balaban J connectivity index is 2.45. The molecule has 0 spiro atoms. The minimum Gasteiger partial charge on any atom is -0.308 e. The zero-order chi connectivity index (χ0) is 19.3. The van der Waals surface area contributed by atoms with Gasteiger partial charge in [0.05, 0.1) is 5.69 Å². The van der Waals surface area contributed by atoms with Gasteiger partial charge in [-0.05, 0) is 78.3 Å². The zero-order valence-electron chi connectivity index (χ0n) is 15.9. The Morgan fingerprint density at radius 3 is 2.58 bits per heavy atom. The van der Waals surface area contributed by atoms with Crippen molar-refractivity contribution in [2.45, 2.75) is 34.1 Å². The topological polar surface area (TPSA) is 36.2 Å². The summed E-state index contributed by atoms with van der Waals surface area (Å²) >= 11 is 0. The van der Waals surface area contributed by atoms with E-state index in [9.17, 15) is 4.39 Å². The molecule has 0 aliphatic heterocycles. The summed E-state index contributed by atoms with van der Waals surface area (Å²) in [6.07, 6.45) is 5.44. The molecule has 134 valence electrons. The number of hydrogen-bond acceptors (Lipinski definition) is 2. The number of allylic oxidation sites excluding steroid dienone is 3. The Hall–Kier alpha value is -2.81. The van der Waals surface area contributed by atoms with Crippen LogP contribution in [0.2, 0.25) is 0 Å². The largest absolute Gasteiger partial charge is 0.308 e. The van der Waals surface area contributed by atoms with Gasteiger partial charge in [-0.15, -0.1) is 0 Å². The van der Waals surface area contributed by atoms with Crippen molar-refractivity contribution >= 4 is 18.1 Å². The van der Waals surface area contributed by atoms with Crippen molar-refractivity contribution < 1.29 is 4.39 Å². The summed E-state index contributed by atoms with van der Waals surface area (Å²) in [6, 6.07) is 9.47. The highest BCUT2D eigenvalue weighted by atomic mass is 19.1. The molecule has 0 radical (unpaired) electrons. The van der Waals surface area contributed by atoms with Gasteiger partial charge in [-0.1, -0.05) is 37.8 Å². The average molecular weight is 348 g/mol. The van der Waals surface area contributed by atoms with E-state index in [0.29, 0.717) is 12.0 Å². The second-order valence-electron chi connectivity index (χ2n) is 6.23. The van der Waals surface area contributed by atoms with Crippen LogP contribution in [0, 0.1) is 25.1 Å². The number of aliphatic imine (C=N–C) groups is 1. The molecule has 2 aromatic rings. The molecule has 0 aromatic heterocycles. The normalized spacial score (nSPS) is 11.8. The molecule has 0 amide bonds. The van der Waals surface area contributed by atoms with Crippen molar-refractivity contribution in [3.63, 3.8) is 0 Å². The Morgan fingerprint density at radius 1 is 1.27 bits per heavy atom. The van der Waals surface area contributed by atoms with E-state index in [4.69, 9.17) is 5.41 Å². The molecule has 2 nitrogen and oxygen atoms in total. The summed E-state index contributed by atoms with van der Waals surface area (Å²) in [5.41, 5.74) is 6.76. The first-order valence-corrected chi connectivity index (χ1v) is 8.72. The van der Waals surface area contributed by atoms with Gasteiger partial charge in [0.2, 0.25) is 0 Å². The lowest BCUT2D eigenvalue weighted by molar-refractivity contribution is 0.611. The highest BCUT2D eigenvalue weighted by Gasteiger charge is 2.11.